The Hall–Kier alpha value is -0.650. The summed E-state index contributed by atoms with van der Waals surface area (Å²) < 4.78 is 13.3. The van der Waals surface area contributed by atoms with Crippen LogP contribution in [0.15, 0.2) is 18.2 Å². The van der Waals surface area contributed by atoms with Crippen molar-refractivity contribution < 1.29 is 9.18 Å². The molecule has 2 nitrogen and oxygen atoms in total. The Balaban J connectivity index is 2.90. The van der Waals surface area contributed by atoms with E-state index in [2.05, 4.69) is 5.32 Å². The van der Waals surface area contributed by atoms with Gasteiger partial charge in [-0.1, -0.05) is 0 Å². The molecule has 1 aromatic carbocycles. The number of carbonyl (C=O) groups excluding carboxylic acids is 1. The van der Waals surface area contributed by atoms with Crippen LogP contribution in [-0.2, 0) is 0 Å². The highest BCUT2D eigenvalue weighted by atomic mass is 127. The molecular weight excluding hydrogens is 284 g/mol. The van der Waals surface area contributed by atoms with Crippen LogP contribution < -0.4 is 5.32 Å². The van der Waals surface area contributed by atoms with Crippen LogP contribution in [0.25, 0.3) is 0 Å². The van der Waals surface area contributed by atoms with Gasteiger partial charge in [0.05, 0.1) is 0 Å². The Morgan fingerprint density at radius 2 is 2.31 bits per heavy atom. The first-order valence-electron chi connectivity index (χ1n) is 3.88. The molecule has 0 spiro atoms. The quantitative estimate of drug-likeness (QED) is 0.832. The van der Waals surface area contributed by atoms with Crippen molar-refractivity contribution in [2.45, 2.75) is 6.92 Å². The first-order chi connectivity index (χ1) is 6.15. The lowest BCUT2D eigenvalue weighted by atomic mass is 10.2. The molecule has 0 aliphatic carbocycles. The fourth-order valence-electron chi connectivity index (χ4n) is 0.900. The molecule has 0 aliphatic rings. The van der Waals surface area contributed by atoms with E-state index in [-0.39, 0.29) is 11.7 Å². The zero-order valence-corrected chi connectivity index (χ0v) is 9.26. The van der Waals surface area contributed by atoms with Gasteiger partial charge in [-0.05, 0) is 47.7 Å². The fraction of sp³-hybridized carbons (Fsp3) is 0.222. The third-order valence-electron chi connectivity index (χ3n) is 1.52. The second kappa shape index (κ2) is 4.55. The summed E-state index contributed by atoms with van der Waals surface area (Å²) in [6, 6.07) is 4.30. The van der Waals surface area contributed by atoms with E-state index in [1.54, 1.807) is 0 Å². The number of hydrogen-bond donors (Lipinski definition) is 1. The average molecular weight is 293 g/mol. The maximum atomic E-state index is 12.8. The van der Waals surface area contributed by atoms with Crippen molar-refractivity contribution in [2.24, 2.45) is 0 Å². The van der Waals surface area contributed by atoms with E-state index in [0.29, 0.717) is 15.7 Å². The van der Waals surface area contributed by atoms with Gasteiger partial charge < -0.3 is 5.32 Å². The Labute approximate surface area is 89.7 Å². The Morgan fingerprint density at radius 1 is 1.62 bits per heavy atom. The topological polar surface area (TPSA) is 29.1 Å². The molecule has 0 radical (unpaired) electrons. The van der Waals surface area contributed by atoms with Crippen LogP contribution in [0.1, 0.15) is 17.3 Å². The van der Waals surface area contributed by atoms with Crippen LogP contribution in [0.2, 0.25) is 0 Å². The van der Waals surface area contributed by atoms with Crippen molar-refractivity contribution in [3.8, 4) is 0 Å². The summed E-state index contributed by atoms with van der Waals surface area (Å²) >= 11 is 1.86. The van der Waals surface area contributed by atoms with E-state index < -0.39 is 0 Å². The predicted octanol–water partition coefficient (Wildman–Crippen LogP) is 2.18. The van der Waals surface area contributed by atoms with Gasteiger partial charge in [-0.2, -0.15) is 0 Å². The van der Waals surface area contributed by atoms with E-state index >= 15 is 0 Å². The second-order valence-corrected chi connectivity index (χ2v) is 3.65. The summed E-state index contributed by atoms with van der Waals surface area (Å²) in [4.78, 5) is 11.3. The molecule has 1 rings (SSSR count). The summed E-state index contributed by atoms with van der Waals surface area (Å²) in [7, 11) is 0. The van der Waals surface area contributed by atoms with Gasteiger partial charge in [0.25, 0.3) is 5.91 Å². The smallest absolute Gasteiger partial charge is 0.251 e. The van der Waals surface area contributed by atoms with Crippen LogP contribution >= 0.6 is 22.6 Å². The highest BCUT2D eigenvalue weighted by molar-refractivity contribution is 14.1. The number of halogens is 2. The molecule has 0 heterocycles. The van der Waals surface area contributed by atoms with E-state index in [9.17, 15) is 9.18 Å². The SMILES string of the molecule is CCNC(=O)c1ccc(F)c(I)c1. The molecule has 1 amide bonds. The van der Waals surface area contributed by atoms with E-state index in [4.69, 9.17) is 0 Å². The molecule has 0 fully saturated rings. The minimum Gasteiger partial charge on any atom is -0.352 e. The van der Waals surface area contributed by atoms with Gasteiger partial charge in [0, 0.05) is 15.7 Å². The van der Waals surface area contributed by atoms with Crippen LogP contribution in [-0.4, -0.2) is 12.5 Å². The Kier molecular flexibility index (Phi) is 3.65. The third kappa shape index (κ3) is 2.65. The van der Waals surface area contributed by atoms with Crippen molar-refractivity contribution in [3.63, 3.8) is 0 Å². The lowest BCUT2D eigenvalue weighted by molar-refractivity contribution is 0.0955. The first kappa shape index (κ1) is 10.4. The van der Waals surface area contributed by atoms with E-state index in [1.807, 2.05) is 29.5 Å². The van der Waals surface area contributed by atoms with Crippen LogP contribution in [0.3, 0.4) is 0 Å². The molecule has 13 heavy (non-hydrogen) atoms. The van der Waals surface area contributed by atoms with Crippen molar-refractivity contribution in [3.05, 3.63) is 33.1 Å². The number of benzene rings is 1. The van der Waals surface area contributed by atoms with Gasteiger partial charge in [-0.25, -0.2) is 4.39 Å². The highest BCUT2D eigenvalue weighted by Crippen LogP contribution is 2.12. The highest BCUT2D eigenvalue weighted by Gasteiger charge is 2.06. The lowest BCUT2D eigenvalue weighted by Crippen LogP contribution is -2.22. The molecule has 1 aromatic rings. The molecule has 0 saturated heterocycles. The average Bonchev–Trinajstić information content (AvgIpc) is 2.10. The normalized spacial score (nSPS) is 9.77. The maximum Gasteiger partial charge on any atom is 0.251 e. The summed E-state index contributed by atoms with van der Waals surface area (Å²) in [5.41, 5.74) is 0.493. The van der Waals surface area contributed by atoms with Gasteiger partial charge in [0.1, 0.15) is 5.82 Å². The lowest BCUT2D eigenvalue weighted by Gasteiger charge is -2.02. The molecule has 0 aliphatic heterocycles. The van der Waals surface area contributed by atoms with E-state index in [0.717, 1.165) is 0 Å². The number of amides is 1. The van der Waals surface area contributed by atoms with Crippen LogP contribution in [0, 0.1) is 9.39 Å². The van der Waals surface area contributed by atoms with Gasteiger partial charge in [-0.15, -0.1) is 0 Å². The molecule has 0 aromatic heterocycles. The number of nitrogens with one attached hydrogen (secondary N) is 1. The first-order valence-corrected chi connectivity index (χ1v) is 4.96. The van der Waals surface area contributed by atoms with Gasteiger partial charge in [0.2, 0.25) is 0 Å². The minimum absolute atomic E-state index is 0.166. The summed E-state index contributed by atoms with van der Waals surface area (Å²) in [5.74, 6) is -0.464. The standard InChI is InChI=1S/C9H9FINO/c1-2-12-9(13)6-3-4-7(10)8(11)5-6/h3-5H,2H2,1H3,(H,12,13). The Bertz CT molecular complexity index is 327. The molecule has 0 saturated carbocycles. The monoisotopic (exact) mass is 293 g/mol. The zero-order chi connectivity index (χ0) is 9.84. The van der Waals surface area contributed by atoms with Crippen molar-refractivity contribution in [1.82, 2.24) is 5.32 Å². The van der Waals surface area contributed by atoms with Crippen LogP contribution in [0.4, 0.5) is 4.39 Å². The summed E-state index contributed by atoms with van der Waals surface area (Å²) in [6.07, 6.45) is 0. The van der Waals surface area contributed by atoms with Gasteiger partial charge in [-0.3, -0.25) is 4.79 Å². The third-order valence-corrected chi connectivity index (χ3v) is 2.35. The molecule has 0 atom stereocenters. The molecule has 70 valence electrons. The van der Waals surface area contributed by atoms with Gasteiger partial charge in [0.15, 0.2) is 0 Å². The maximum absolute atomic E-state index is 12.8. The molecule has 0 unspecified atom stereocenters. The molecule has 1 N–H and O–H groups in total. The summed E-state index contributed by atoms with van der Waals surface area (Å²) in [5, 5.41) is 2.64. The minimum atomic E-state index is -0.298. The zero-order valence-electron chi connectivity index (χ0n) is 7.10. The molecule has 0 bridgehead atoms. The van der Waals surface area contributed by atoms with Crippen LogP contribution in [0.5, 0.6) is 0 Å². The number of rotatable bonds is 2. The van der Waals surface area contributed by atoms with E-state index in [1.165, 1.54) is 18.2 Å². The van der Waals surface area contributed by atoms with Crippen molar-refractivity contribution >= 4 is 28.5 Å². The largest absolute Gasteiger partial charge is 0.352 e. The predicted molar refractivity (Wildman–Crippen MR) is 57.1 cm³/mol. The van der Waals surface area contributed by atoms with Crippen molar-refractivity contribution in [1.29, 1.82) is 0 Å². The molecule has 4 heteroatoms. The van der Waals surface area contributed by atoms with Gasteiger partial charge >= 0.3 is 0 Å². The fourth-order valence-corrected chi connectivity index (χ4v) is 1.42. The Morgan fingerprint density at radius 3 is 2.85 bits per heavy atom. The summed E-state index contributed by atoms with van der Waals surface area (Å²) in [6.45, 7) is 2.42. The second-order valence-electron chi connectivity index (χ2n) is 2.49. The van der Waals surface area contributed by atoms with Crippen molar-refractivity contribution in [2.75, 3.05) is 6.54 Å². The number of carbonyl (C=O) groups is 1. The molecular formula is C9H9FINO. The number of hydrogen-bond acceptors (Lipinski definition) is 1.